The molecule has 0 radical (unpaired) electrons. The maximum atomic E-state index is 13.0. The normalized spacial score (nSPS) is 21.0. The monoisotopic (exact) mass is 365 g/mol. The molecule has 1 atom stereocenters. The molecular formula is C21H23N3O3. The highest BCUT2D eigenvalue weighted by molar-refractivity contribution is 6.23. The molecular weight excluding hydrogens is 342 g/mol. The van der Waals surface area contributed by atoms with Gasteiger partial charge < -0.3 is 9.64 Å². The highest BCUT2D eigenvalue weighted by atomic mass is 16.5. The van der Waals surface area contributed by atoms with Crippen LogP contribution in [0.15, 0.2) is 54.6 Å². The van der Waals surface area contributed by atoms with Gasteiger partial charge in [0.05, 0.1) is 25.3 Å². The summed E-state index contributed by atoms with van der Waals surface area (Å²) in [6.07, 6.45) is 0.224. The first-order chi connectivity index (χ1) is 13.2. The highest BCUT2D eigenvalue weighted by Crippen LogP contribution is 2.33. The van der Waals surface area contributed by atoms with Gasteiger partial charge in [0.15, 0.2) is 0 Å². The second kappa shape index (κ2) is 7.40. The molecule has 0 unspecified atom stereocenters. The van der Waals surface area contributed by atoms with Crippen LogP contribution in [0.4, 0.5) is 11.4 Å². The lowest BCUT2D eigenvalue weighted by molar-refractivity contribution is -0.123. The number of rotatable bonds is 4. The minimum Gasteiger partial charge on any atom is -0.495 e. The molecule has 0 N–H and O–H groups in total. The number of hydrogen-bond acceptors (Lipinski definition) is 5. The molecule has 2 heterocycles. The molecule has 2 aromatic carbocycles. The fourth-order valence-electron chi connectivity index (χ4n) is 3.90. The first-order valence-electron chi connectivity index (χ1n) is 9.23. The average Bonchev–Trinajstić information content (AvgIpc) is 3.02. The van der Waals surface area contributed by atoms with E-state index in [4.69, 9.17) is 4.74 Å². The van der Waals surface area contributed by atoms with Crippen molar-refractivity contribution in [3.8, 4) is 5.75 Å². The van der Waals surface area contributed by atoms with Crippen molar-refractivity contribution in [3.05, 3.63) is 54.6 Å². The lowest BCUT2D eigenvalue weighted by Crippen LogP contribution is -2.52. The largest absolute Gasteiger partial charge is 0.495 e. The molecule has 2 aliphatic heterocycles. The molecule has 27 heavy (non-hydrogen) atoms. The van der Waals surface area contributed by atoms with Gasteiger partial charge in [-0.3, -0.25) is 14.5 Å². The molecule has 6 nitrogen and oxygen atoms in total. The number of para-hydroxylation sites is 3. The van der Waals surface area contributed by atoms with E-state index in [1.807, 2.05) is 30.3 Å². The first kappa shape index (κ1) is 17.5. The van der Waals surface area contributed by atoms with E-state index in [1.54, 1.807) is 19.2 Å². The van der Waals surface area contributed by atoms with Crippen molar-refractivity contribution in [2.24, 2.45) is 0 Å². The second-order valence-corrected chi connectivity index (χ2v) is 6.82. The number of carbonyl (C=O) groups excluding carboxylic acids is 2. The Hall–Kier alpha value is -2.86. The van der Waals surface area contributed by atoms with E-state index in [0.29, 0.717) is 11.4 Å². The second-order valence-electron chi connectivity index (χ2n) is 6.82. The van der Waals surface area contributed by atoms with Crippen molar-refractivity contribution in [2.75, 3.05) is 43.1 Å². The fraction of sp³-hybridized carbons (Fsp3) is 0.333. The van der Waals surface area contributed by atoms with Crippen molar-refractivity contribution in [1.29, 1.82) is 0 Å². The molecule has 2 saturated heterocycles. The van der Waals surface area contributed by atoms with E-state index in [2.05, 4.69) is 21.9 Å². The molecule has 0 aromatic heterocycles. The number of ether oxygens (including phenoxy) is 1. The number of benzene rings is 2. The number of nitrogens with zero attached hydrogens (tertiary/aromatic N) is 3. The number of imide groups is 1. The van der Waals surface area contributed by atoms with E-state index >= 15 is 0 Å². The minimum atomic E-state index is -0.389. The van der Waals surface area contributed by atoms with Gasteiger partial charge in [0.1, 0.15) is 5.75 Å². The number of amides is 2. The smallest absolute Gasteiger partial charge is 0.251 e. The lowest BCUT2D eigenvalue weighted by atomic mass is 10.1. The first-order valence-corrected chi connectivity index (χ1v) is 9.23. The van der Waals surface area contributed by atoms with Crippen molar-refractivity contribution in [1.82, 2.24) is 4.90 Å². The summed E-state index contributed by atoms with van der Waals surface area (Å²) in [6, 6.07) is 17.0. The van der Waals surface area contributed by atoms with E-state index in [-0.39, 0.29) is 24.3 Å². The van der Waals surface area contributed by atoms with Crippen molar-refractivity contribution < 1.29 is 14.3 Å². The topological polar surface area (TPSA) is 53.1 Å². The van der Waals surface area contributed by atoms with Crippen LogP contribution in [0.25, 0.3) is 0 Å². The Morgan fingerprint density at radius 1 is 0.889 bits per heavy atom. The summed E-state index contributed by atoms with van der Waals surface area (Å²) in [5.74, 6) is 0.214. The maximum Gasteiger partial charge on any atom is 0.251 e. The molecule has 2 amide bonds. The van der Waals surface area contributed by atoms with E-state index in [0.717, 1.165) is 26.2 Å². The SMILES string of the molecule is COc1ccccc1N1C(=O)C[C@@H](N2CCN(c3ccccc3)CC2)C1=O. The Balaban J connectivity index is 1.47. The zero-order chi connectivity index (χ0) is 18.8. The lowest BCUT2D eigenvalue weighted by Gasteiger charge is -2.38. The molecule has 2 aromatic rings. The van der Waals surface area contributed by atoms with Crippen LogP contribution in [0.2, 0.25) is 0 Å². The molecule has 4 rings (SSSR count). The summed E-state index contributed by atoms with van der Waals surface area (Å²) < 4.78 is 5.33. The van der Waals surface area contributed by atoms with Crippen LogP contribution in [0.3, 0.4) is 0 Å². The highest BCUT2D eigenvalue weighted by Gasteiger charge is 2.44. The van der Waals surface area contributed by atoms with Crippen LogP contribution in [-0.2, 0) is 9.59 Å². The third-order valence-electron chi connectivity index (χ3n) is 5.33. The minimum absolute atomic E-state index is 0.155. The summed E-state index contributed by atoms with van der Waals surface area (Å²) in [6.45, 7) is 3.21. The summed E-state index contributed by atoms with van der Waals surface area (Å²) >= 11 is 0. The number of hydrogen-bond donors (Lipinski definition) is 0. The quantitative estimate of drug-likeness (QED) is 0.777. The predicted molar refractivity (Wildman–Crippen MR) is 104 cm³/mol. The maximum absolute atomic E-state index is 13.0. The van der Waals surface area contributed by atoms with Gasteiger partial charge in [-0.15, -0.1) is 0 Å². The molecule has 0 saturated carbocycles. The average molecular weight is 365 g/mol. The van der Waals surface area contributed by atoms with Gasteiger partial charge in [-0.2, -0.15) is 0 Å². The van der Waals surface area contributed by atoms with Crippen LogP contribution < -0.4 is 14.5 Å². The van der Waals surface area contributed by atoms with Crippen LogP contribution in [0.5, 0.6) is 5.75 Å². The predicted octanol–water partition coefficient (Wildman–Crippen LogP) is 2.15. The Bertz CT molecular complexity index is 832. The molecule has 0 bridgehead atoms. The van der Waals surface area contributed by atoms with Gasteiger partial charge in [0, 0.05) is 31.9 Å². The van der Waals surface area contributed by atoms with E-state index in [1.165, 1.54) is 10.6 Å². The standard InChI is InChI=1S/C21H23N3O3/c1-27-19-10-6-5-9-17(19)24-20(25)15-18(21(24)26)23-13-11-22(12-14-23)16-7-3-2-4-8-16/h2-10,18H,11-15H2,1H3/t18-/m1/s1. The van der Waals surface area contributed by atoms with Crippen LogP contribution in [-0.4, -0.2) is 56.0 Å². The Kier molecular flexibility index (Phi) is 4.81. The number of piperazine rings is 1. The molecule has 0 aliphatic carbocycles. The Labute approximate surface area is 158 Å². The summed E-state index contributed by atoms with van der Waals surface area (Å²) in [4.78, 5) is 31.4. The Morgan fingerprint density at radius 2 is 1.56 bits per heavy atom. The molecule has 140 valence electrons. The number of carbonyl (C=O) groups is 2. The van der Waals surface area contributed by atoms with E-state index in [9.17, 15) is 9.59 Å². The van der Waals surface area contributed by atoms with Crippen LogP contribution >= 0.6 is 0 Å². The van der Waals surface area contributed by atoms with Gasteiger partial charge in [-0.05, 0) is 24.3 Å². The van der Waals surface area contributed by atoms with E-state index < -0.39 is 0 Å². The summed E-state index contributed by atoms with van der Waals surface area (Å²) in [7, 11) is 1.55. The summed E-state index contributed by atoms with van der Waals surface area (Å²) in [5, 5.41) is 0. The van der Waals surface area contributed by atoms with Gasteiger partial charge in [0.25, 0.3) is 5.91 Å². The van der Waals surface area contributed by atoms with Crippen molar-refractivity contribution in [2.45, 2.75) is 12.5 Å². The van der Waals surface area contributed by atoms with Gasteiger partial charge >= 0.3 is 0 Å². The van der Waals surface area contributed by atoms with Crippen molar-refractivity contribution >= 4 is 23.2 Å². The van der Waals surface area contributed by atoms with Gasteiger partial charge in [-0.1, -0.05) is 30.3 Å². The fourth-order valence-corrected chi connectivity index (χ4v) is 3.90. The number of methoxy groups -OCH3 is 1. The van der Waals surface area contributed by atoms with Crippen molar-refractivity contribution in [3.63, 3.8) is 0 Å². The number of anilines is 2. The third-order valence-corrected chi connectivity index (χ3v) is 5.33. The Morgan fingerprint density at radius 3 is 2.26 bits per heavy atom. The summed E-state index contributed by atoms with van der Waals surface area (Å²) in [5.41, 5.74) is 1.72. The third kappa shape index (κ3) is 3.28. The molecule has 2 fully saturated rings. The van der Waals surface area contributed by atoms with Crippen LogP contribution in [0.1, 0.15) is 6.42 Å². The molecule has 6 heteroatoms. The van der Waals surface area contributed by atoms with Gasteiger partial charge in [0.2, 0.25) is 5.91 Å². The zero-order valence-electron chi connectivity index (χ0n) is 15.4. The molecule has 0 spiro atoms. The zero-order valence-corrected chi connectivity index (χ0v) is 15.4. The van der Waals surface area contributed by atoms with Crippen LogP contribution in [0, 0.1) is 0 Å². The van der Waals surface area contributed by atoms with Gasteiger partial charge in [-0.25, -0.2) is 4.90 Å². The molecule has 2 aliphatic rings.